The van der Waals surface area contributed by atoms with Crippen LogP contribution in [0.25, 0.3) is 0 Å². The number of carbonyl (C=O) groups is 3. The smallest absolute Gasteiger partial charge is 0.331 e. The van der Waals surface area contributed by atoms with E-state index in [4.69, 9.17) is 33.2 Å². The summed E-state index contributed by atoms with van der Waals surface area (Å²) in [5.74, 6) is -0.848. The number of nitrogens with zero attached hydrogens (tertiary/aromatic N) is 1. The summed E-state index contributed by atoms with van der Waals surface area (Å²) in [7, 11) is 1.38. The van der Waals surface area contributed by atoms with Crippen molar-refractivity contribution in [2.24, 2.45) is 0 Å². The zero-order valence-corrected chi connectivity index (χ0v) is 23.4. The molecule has 1 fully saturated rings. The summed E-state index contributed by atoms with van der Waals surface area (Å²) in [5, 5.41) is 2.60. The van der Waals surface area contributed by atoms with E-state index in [0.29, 0.717) is 11.5 Å². The highest BCUT2D eigenvalue weighted by atomic mass is 16.7. The zero-order chi connectivity index (χ0) is 29.9. The third-order valence-corrected chi connectivity index (χ3v) is 6.10. The van der Waals surface area contributed by atoms with Crippen LogP contribution in [0.2, 0.25) is 0 Å². The van der Waals surface area contributed by atoms with Gasteiger partial charge in [-0.2, -0.15) is 0 Å². The number of methoxy groups -OCH3 is 1. The van der Waals surface area contributed by atoms with Crippen molar-refractivity contribution in [1.82, 2.24) is 10.3 Å². The second-order valence-electron chi connectivity index (χ2n) is 9.16. The highest BCUT2D eigenvalue weighted by molar-refractivity contribution is 5.98. The fourth-order valence-electron chi connectivity index (χ4n) is 4.09. The van der Waals surface area contributed by atoms with Crippen molar-refractivity contribution in [3.63, 3.8) is 0 Å². The van der Waals surface area contributed by atoms with Crippen molar-refractivity contribution in [3.05, 3.63) is 78.6 Å². The molecule has 0 spiro atoms. The first kappa shape index (κ1) is 30.1. The molecule has 0 saturated carbocycles. The molecule has 4 unspecified atom stereocenters. The molecule has 0 radical (unpaired) electrons. The first-order valence-electron chi connectivity index (χ1n) is 13.2. The Morgan fingerprint density at radius 1 is 0.976 bits per heavy atom. The Hall–Kier alpha value is -4.84. The molecule has 1 amide bonds. The van der Waals surface area contributed by atoms with E-state index in [0.717, 1.165) is 0 Å². The van der Waals surface area contributed by atoms with E-state index in [1.165, 1.54) is 26.3 Å². The lowest BCUT2D eigenvalue weighted by molar-refractivity contribution is -0.156. The Morgan fingerprint density at radius 2 is 1.64 bits per heavy atom. The number of pyridine rings is 1. The summed E-state index contributed by atoms with van der Waals surface area (Å²) >= 11 is 0. The number of hydrogen-bond acceptors (Lipinski definition) is 11. The van der Waals surface area contributed by atoms with Gasteiger partial charge in [-0.15, -0.1) is 0 Å². The molecule has 4 atom stereocenters. The molecule has 1 aliphatic heterocycles. The number of cyclic esters (lactones) is 1. The fraction of sp³-hybridized carbons (Fsp3) is 0.333. The van der Waals surface area contributed by atoms with Gasteiger partial charge in [-0.05, 0) is 31.2 Å². The van der Waals surface area contributed by atoms with Crippen molar-refractivity contribution >= 4 is 17.8 Å². The molecule has 222 valence electrons. The molecule has 2 heterocycles. The summed E-state index contributed by atoms with van der Waals surface area (Å²) in [6, 6.07) is 18.5. The van der Waals surface area contributed by atoms with Crippen LogP contribution >= 0.6 is 0 Å². The van der Waals surface area contributed by atoms with E-state index >= 15 is 0 Å². The summed E-state index contributed by atoms with van der Waals surface area (Å²) in [6.07, 6.45) is -0.896. The Labute approximate surface area is 242 Å². The van der Waals surface area contributed by atoms with Crippen LogP contribution in [0.3, 0.4) is 0 Å². The number of ether oxygens (including phenoxy) is 7. The van der Waals surface area contributed by atoms with Gasteiger partial charge in [0.05, 0.1) is 20.3 Å². The number of para-hydroxylation sites is 2. The van der Waals surface area contributed by atoms with Crippen LogP contribution in [0.4, 0.5) is 0 Å². The Kier molecular flexibility index (Phi) is 10.5. The van der Waals surface area contributed by atoms with Gasteiger partial charge in [-0.25, -0.2) is 9.78 Å². The lowest BCUT2D eigenvalue weighted by Gasteiger charge is -2.31. The minimum Gasteiger partial charge on any atom is -0.493 e. The van der Waals surface area contributed by atoms with Crippen LogP contribution in [0.5, 0.6) is 23.0 Å². The maximum Gasteiger partial charge on any atom is 0.331 e. The number of hydrogen-bond donors (Lipinski definition) is 1. The lowest BCUT2D eigenvalue weighted by Crippen LogP contribution is -2.48. The van der Waals surface area contributed by atoms with Crippen molar-refractivity contribution in [2.45, 2.75) is 38.2 Å². The highest BCUT2D eigenvalue weighted by Crippen LogP contribution is 2.30. The Morgan fingerprint density at radius 3 is 2.29 bits per heavy atom. The standard InChI is InChI=1S/C30H32N2O10/c1-19-27(42-22-12-8-5-9-13-22)25(41-21-10-6-4-7-11-21)17-37-16-23(30(35)40-19)32-29(34)26-28(39-18-38-20(2)33)24(36-3)14-15-31-26/h4-15,19,23,25,27H,16-18H2,1-3H3,(H,32,34). The molecule has 1 aliphatic rings. The quantitative estimate of drug-likeness (QED) is 0.280. The van der Waals surface area contributed by atoms with Gasteiger partial charge in [0.25, 0.3) is 5.91 Å². The molecule has 12 heteroatoms. The van der Waals surface area contributed by atoms with Gasteiger partial charge < -0.3 is 38.5 Å². The van der Waals surface area contributed by atoms with Gasteiger partial charge in [0, 0.05) is 19.2 Å². The molecule has 1 N–H and O–H groups in total. The topological polar surface area (TPSA) is 141 Å². The number of rotatable bonds is 10. The fourth-order valence-corrected chi connectivity index (χ4v) is 4.09. The van der Waals surface area contributed by atoms with E-state index in [-0.39, 0.29) is 30.4 Å². The second kappa shape index (κ2) is 14.7. The molecule has 0 aliphatic carbocycles. The Bertz CT molecular complexity index is 1340. The average Bonchev–Trinajstić information content (AvgIpc) is 3.03. The number of benzene rings is 2. The van der Waals surface area contributed by atoms with Crippen molar-refractivity contribution in [3.8, 4) is 23.0 Å². The molecule has 3 aromatic rings. The molecule has 1 aromatic heterocycles. The summed E-state index contributed by atoms with van der Waals surface area (Å²) in [5.41, 5.74) is -0.196. The highest BCUT2D eigenvalue weighted by Gasteiger charge is 2.38. The predicted octanol–water partition coefficient (Wildman–Crippen LogP) is 2.95. The third kappa shape index (κ3) is 8.10. The van der Waals surface area contributed by atoms with Crippen LogP contribution < -0.4 is 24.3 Å². The molecule has 1 saturated heterocycles. The largest absolute Gasteiger partial charge is 0.493 e. The molecule has 4 rings (SSSR count). The first-order valence-corrected chi connectivity index (χ1v) is 13.2. The zero-order valence-electron chi connectivity index (χ0n) is 23.4. The average molecular weight is 581 g/mol. The van der Waals surface area contributed by atoms with Gasteiger partial charge in [0.15, 0.2) is 35.4 Å². The molecule has 2 aromatic carbocycles. The number of esters is 2. The summed E-state index contributed by atoms with van der Waals surface area (Å²) in [4.78, 5) is 41.8. The normalized spacial score (nSPS) is 20.5. The summed E-state index contributed by atoms with van der Waals surface area (Å²) < 4.78 is 39.6. The van der Waals surface area contributed by atoms with Crippen LogP contribution in [0.15, 0.2) is 72.9 Å². The number of aromatic nitrogens is 1. The van der Waals surface area contributed by atoms with Gasteiger partial charge in [-0.1, -0.05) is 36.4 Å². The van der Waals surface area contributed by atoms with E-state index in [1.807, 2.05) is 36.4 Å². The first-order chi connectivity index (χ1) is 20.4. The maximum absolute atomic E-state index is 13.3. The van der Waals surface area contributed by atoms with Gasteiger partial charge in [0.2, 0.25) is 6.79 Å². The Balaban J connectivity index is 1.54. The molecule has 42 heavy (non-hydrogen) atoms. The van der Waals surface area contributed by atoms with Gasteiger partial charge >= 0.3 is 11.9 Å². The van der Waals surface area contributed by atoms with Gasteiger partial charge in [-0.3, -0.25) is 9.59 Å². The lowest BCUT2D eigenvalue weighted by atomic mass is 10.1. The SMILES string of the molecule is COc1ccnc(C(=O)NC2COCC(Oc3ccccc3)C(Oc3ccccc3)C(C)OC2=O)c1OCOC(C)=O. The van der Waals surface area contributed by atoms with Crippen LogP contribution in [-0.2, 0) is 23.8 Å². The van der Waals surface area contributed by atoms with E-state index < -0.39 is 49.0 Å². The van der Waals surface area contributed by atoms with Crippen LogP contribution in [-0.4, -0.2) is 74.3 Å². The van der Waals surface area contributed by atoms with Crippen molar-refractivity contribution < 1.29 is 47.5 Å². The van der Waals surface area contributed by atoms with Crippen molar-refractivity contribution in [1.29, 1.82) is 0 Å². The molecular weight excluding hydrogens is 548 g/mol. The second-order valence-corrected chi connectivity index (χ2v) is 9.16. The number of amides is 1. The molecule has 0 bridgehead atoms. The third-order valence-electron chi connectivity index (χ3n) is 6.10. The maximum atomic E-state index is 13.3. The van der Waals surface area contributed by atoms with E-state index in [9.17, 15) is 14.4 Å². The van der Waals surface area contributed by atoms with E-state index in [2.05, 4.69) is 10.3 Å². The van der Waals surface area contributed by atoms with E-state index in [1.54, 1.807) is 31.2 Å². The monoisotopic (exact) mass is 580 g/mol. The predicted molar refractivity (Wildman–Crippen MR) is 147 cm³/mol. The molecule has 12 nitrogen and oxygen atoms in total. The van der Waals surface area contributed by atoms with Crippen LogP contribution in [0.1, 0.15) is 24.3 Å². The number of carbonyl (C=O) groups excluding carboxylic acids is 3. The summed E-state index contributed by atoms with van der Waals surface area (Å²) in [6.45, 7) is 2.22. The minimum atomic E-state index is -1.21. The number of nitrogens with one attached hydrogen (secondary N) is 1. The minimum absolute atomic E-state index is 0.0217. The van der Waals surface area contributed by atoms with Gasteiger partial charge in [0.1, 0.15) is 17.6 Å². The molecular formula is C30H32N2O10. The van der Waals surface area contributed by atoms with Crippen molar-refractivity contribution in [2.75, 3.05) is 27.1 Å². The van der Waals surface area contributed by atoms with Crippen LogP contribution in [0, 0.1) is 0 Å².